The lowest BCUT2D eigenvalue weighted by molar-refractivity contribution is 0.0254. The number of rotatable bonds is 3. The second kappa shape index (κ2) is 7.30. The Labute approximate surface area is 124 Å². The minimum atomic E-state index is -0.423. The summed E-state index contributed by atoms with van der Waals surface area (Å²) >= 11 is 0. The van der Waals surface area contributed by atoms with E-state index in [1.807, 2.05) is 25.7 Å². The highest BCUT2D eigenvalue weighted by atomic mass is 16.6. The van der Waals surface area contributed by atoms with Crippen LogP contribution < -0.4 is 5.73 Å². The Hall–Kier alpha value is -0.770. The van der Waals surface area contributed by atoms with E-state index in [0.29, 0.717) is 17.8 Å². The van der Waals surface area contributed by atoms with E-state index in [-0.39, 0.29) is 6.09 Å². The van der Waals surface area contributed by atoms with Crippen LogP contribution >= 0.6 is 0 Å². The fraction of sp³-hybridized carbons (Fsp3) is 0.938. The molecule has 1 aliphatic heterocycles. The van der Waals surface area contributed by atoms with E-state index in [2.05, 4.69) is 13.8 Å². The normalized spacial score (nSPS) is 24.6. The molecule has 0 aromatic heterocycles. The maximum absolute atomic E-state index is 12.2. The van der Waals surface area contributed by atoms with Crippen molar-refractivity contribution < 1.29 is 9.53 Å². The van der Waals surface area contributed by atoms with Crippen LogP contribution in [0.4, 0.5) is 4.79 Å². The van der Waals surface area contributed by atoms with Gasteiger partial charge in [-0.25, -0.2) is 4.79 Å². The average Bonchev–Trinajstić information content (AvgIpc) is 2.48. The van der Waals surface area contributed by atoms with Crippen molar-refractivity contribution in [2.24, 2.45) is 23.5 Å². The van der Waals surface area contributed by atoms with E-state index in [4.69, 9.17) is 10.5 Å². The molecule has 2 N–H and O–H groups in total. The molecule has 4 nitrogen and oxygen atoms in total. The highest BCUT2D eigenvalue weighted by Crippen LogP contribution is 2.29. The Morgan fingerprint density at radius 2 is 1.80 bits per heavy atom. The van der Waals surface area contributed by atoms with E-state index < -0.39 is 5.60 Å². The minimum Gasteiger partial charge on any atom is -0.444 e. The number of ether oxygens (including phenoxy) is 1. The largest absolute Gasteiger partial charge is 0.444 e. The van der Waals surface area contributed by atoms with Crippen LogP contribution in [0.5, 0.6) is 0 Å². The summed E-state index contributed by atoms with van der Waals surface area (Å²) < 4.78 is 5.47. The maximum Gasteiger partial charge on any atom is 0.410 e. The van der Waals surface area contributed by atoms with E-state index in [1.54, 1.807) is 0 Å². The summed E-state index contributed by atoms with van der Waals surface area (Å²) in [7, 11) is 0. The van der Waals surface area contributed by atoms with Crippen LogP contribution in [0, 0.1) is 17.8 Å². The Kier molecular flexibility index (Phi) is 6.31. The third-order valence-electron chi connectivity index (χ3n) is 3.93. The zero-order chi connectivity index (χ0) is 15.3. The molecule has 2 unspecified atom stereocenters. The van der Waals surface area contributed by atoms with Crippen LogP contribution in [0.3, 0.4) is 0 Å². The first-order valence-electron chi connectivity index (χ1n) is 7.91. The number of carbonyl (C=O) groups excluding carboxylic acids is 1. The van der Waals surface area contributed by atoms with E-state index in [1.165, 1.54) is 6.42 Å². The van der Waals surface area contributed by atoms with Gasteiger partial charge in [-0.15, -0.1) is 0 Å². The molecule has 0 aromatic carbocycles. The highest BCUT2D eigenvalue weighted by molar-refractivity contribution is 5.68. The first-order valence-corrected chi connectivity index (χ1v) is 7.91. The summed E-state index contributed by atoms with van der Waals surface area (Å²) in [4.78, 5) is 14.0. The van der Waals surface area contributed by atoms with E-state index in [0.717, 1.165) is 32.5 Å². The van der Waals surface area contributed by atoms with Gasteiger partial charge in [0.1, 0.15) is 5.60 Å². The van der Waals surface area contributed by atoms with Crippen molar-refractivity contribution >= 4 is 6.09 Å². The Morgan fingerprint density at radius 1 is 1.25 bits per heavy atom. The molecule has 1 amide bonds. The van der Waals surface area contributed by atoms with E-state index in [9.17, 15) is 4.79 Å². The minimum absolute atomic E-state index is 0.182. The fourth-order valence-corrected chi connectivity index (χ4v) is 2.96. The number of nitrogens with two attached hydrogens (primary N) is 1. The smallest absolute Gasteiger partial charge is 0.410 e. The monoisotopic (exact) mass is 284 g/mol. The molecule has 1 fully saturated rings. The van der Waals surface area contributed by atoms with Gasteiger partial charge in [-0.1, -0.05) is 13.8 Å². The van der Waals surface area contributed by atoms with Gasteiger partial charge in [0.05, 0.1) is 0 Å². The third-order valence-corrected chi connectivity index (χ3v) is 3.93. The standard InChI is InChI=1S/C16H32N2O2/c1-12(2)10-13-6-8-18(9-7-14(13)11-17)15(19)20-16(3,4)5/h12-14H,6-11,17H2,1-5H3. The lowest BCUT2D eigenvalue weighted by Gasteiger charge is -2.26. The predicted octanol–water partition coefficient (Wildman–Crippen LogP) is 3.25. The maximum atomic E-state index is 12.2. The fourth-order valence-electron chi connectivity index (χ4n) is 2.96. The number of nitrogens with zero attached hydrogens (tertiary/aromatic N) is 1. The van der Waals surface area contributed by atoms with Crippen LogP contribution in [0.2, 0.25) is 0 Å². The molecule has 2 atom stereocenters. The SMILES string of the molecule is CC(C)CC1CCN(C(=O)OC(C)(C)C)CCC1CN. The van der Waals surface area contributed by atoms with Crippen LogP contribution in [0.25, 0.3) is 0 Å². The number of hydrogen-bond acceptors (Lipinski definition) is 3. The number of likely N-dealkylation sites (tertiary alicyclic amines) is 1. The first-order chi connectivity index (χ1) is 9.23. The molecule has 20 heavy (non-hydrogen) atoms. The highest BCUT2D eigenvalue weighted by Gasteiger charge is 2.29. The van der Waals surface area contributed by atoms with Crippen molar-refractivity contribution in [2.45, 2.75) is 59.5 Å². The second-order valence-corrected chi connectivity index (χ2v) is 7.43. The molecule has 1 aliphatic rings. The van der Waals surface area contributed by atoms with Crippen molar-refractivity contribution in [3.8, 4) is 0 Å². The molecule has 0 bridgehead atoms. The summed E-state index contributed by atoms with van der Waals surface area (Å²) in [5, 5.41) is 0. The van der Waals surface area contributed by atoms with Gasteiger partial charge in [0.15, 0.2) is 0 Å². The molecule has 0 saturated carbocycles. The molecular formula is C16H32N2O2. The zero-order valence-electron chi connectivity index (χ0n) is 13.8. The van der Waals surface area contributed by atoms with Crippen LogP contribution in [-0.2, 0) is 4.74 Å². The van der Waals surface area contributed by atoms with Crippen molar-refractivity contribution in [3.05, 3.63) is 0 Å². The molecule has 0 spiro atoms. The van der Waals surface area contributed by atoms with Crippen molar-refractivity contribution in [2.75, 3.05) is 19.6 Å². The Morgan fingerprint density at radius 3 is 2.25 bits per heavy atom. The third kappa shape index (κ3) is 5.70. The molecule has 0 aromatic rings. The molecule has 1 saturated heterocycles. The van der Waals surface area contributed by atoms with Gasteiger partial charge in [0.25, 0.3) is 0 Å². The first kappa shape index (κ1) is 17.3. The van der Waals surface area contributed by atoms with Crippen molar-refractivity contribution in [1.82, 2.24) is 4.90 Å². The van der Waals surface area contributed by atoms with Gasteiger partial charge in [-0.2, -0.15) is 0 Å². The number of amides is 1. The lowest BCUT2D eigenvalue weighted by atomic mass is 9.82. The molecule has 1 heterocycles. The summed E-state index contributed by atoms with van der Waals surface area (Å²) in [6.07, 6.45) is 3.05. The summed E-state index contributed by atoms with van der Waals surface area (Å²) in [5.41, 5.74) is 5.50. The average molecular weight is 284 g/mol. The Bertz CT molecular complexity index is 310. The molecule has 1 rings (SSSR count). The van der Waals surface area contributed by atoms with Gasteiger partial charge < -0.3 is 15.4 Å². The van der Waals surface area contributed by atoms with Crippen molar-refractivity contribution in [3.63, 3.8) is 0 Å². The molecule has 4 heteroatoms. The molecule has 0 aliphatic carbocycles. The summed E-state index contributed by atoms with van der Waals surface area (Å²) in [6, 6.07) is 0. The Balaban J connectivity index is 2.62. The molecular weight excluding hydrogens is 252 g/mol. The molecule has 0 radical (unpaired) electrons. The number of hydrogen-bond donors (Lipinski definition) is 1. The van der Waals surface area contributed by atoms with Gasteiger partial charge >= 0.3 is 6.09 Å². The summed E-state index contributed by atoms with van der Waals surface area (Å²) in [5.74, 6) is 1.85. The van der Waals surface area contributed by atoms with E-state index >= 15 is 0 Å². The number of carbonyl (C=O) groups is 1. The van der Waals surface area contributed by atoms with Crippen LogP contribution in [0.1, 0.15) is 53.9 Å². The summed E-state index contributed by atoms with van der Waals surface area (Å²) in [6.45, 7) is 12.5. The second-order valence-electron chi connectivity index (χ2n) is 7.43. The van der Waals surface area contributed by atoms with Crippen LogP contribution in [-0.4, -0.2) is 36.2 Å². The lowest BCUT2D eigenvalue weighted by Crippen LogP contribution is -2.37. The topological polar surface area (TPSA) is 55.6 Å². The van der Waals surface area contributed by atoms with Crippen molar-refractivity contribution in [1.29, 1.82) is 0 Å². The van der Waals surface area contributed by atoms with Crippen LogP contribution in [0.15, 0.2) is 0 Å². The van der Waals surface area contributed by atoms with Gasteiger partial charge in [0, 0.05) is 13.1 Å². The van der Waals surface area contributed by atoms with Gasteiger partial charge in [0.2, 0.25) is 0 Å². The quantitative estimate of drug-likeness (QED) is 0.865. The zero-order valence-corrected chi connectivity index (χ0v) is 13.8. The predicted molar refractivity (Wildman–Crippen MR) is 82.5 cm³/mol. The molecule has 118 valence electrons. The van der Waals surface area contributed by atoms with Gasteiger partial charge in [-0.05, 0) is 64.3 Å². The van der Waals surface area contributed by atoms with Gasteiger partial charge in [-0.3, -0.25) is 0 Å².